The van der Waals surface area contributed by atoms with Gasteiger partial charge < -0.3 is 20.7 Å². The smallest absolute Gasteiger partial charge is 0.419 e. The molecule has 41 heavy (non-hydrogen) atoms. The van der Waals surface area contributed by atoms with E-state index in [1.165, 1.54) is 6.20 Å². The first-order valence-corrected chi connectivity index (χ1v) is 13.0. The lowest BCUT2D eigenvalue weighted by Crippen LogP contribution is -2.49. The van der Waals surface area contributed by atoms with E-state index >= 15 is 0 Å². The number of amidine groups is 1. The van der Waals surface area contributed by atoms with Crippen LogP contribution >= 0.6 is 0 Å². The van der Waals surface area contributed by atoms with Crippen molar-refractivity contribution in [3.8, 4) is 0 Å². The first-order valence-electron chi connectivity index (χ1n) is 13.0. The number of nitrogens with zero attached hydrogens (tertiary/aromatic N) is 2. The molecule has 0 spiro atoms. The summed E-state index contributed by atoms with van der Waals surface area (Å²) in [6.45, 7) is 0.829. The topological polar surface area (TPSA) is 114 Å². The molecule has 1 unspecified atom stereocenters. The molecular formula is C30H27F3N4O4. The summed E-state index contributed by atoms with van der Waals surface area (Å²) in [6.07, 6.45) is -3.63. The number of carbonyl (C=O) groups excluding carboxylic acids is 3. The molecule has 212 valence electrons. The number of halogens is 3. The molecule has 1 saturated heterocycles. The summed E-state index contributed by atoms with van der Waals surface area (Å²) < 4.78 is 48.2. The van der Waals surface area contributed by atoms with Gasteiger partial charge in [0.25, 0.3) is 5.91 Å². The van der Waals surface area contributed by atoms with Crippen LogP contribution in [0.1, 0.15) is 24.8 Å². The van der Waals surface area contributed by atoms with Crippen molar-refractivity contribution in [2.75, 3.05) is 18.4 Å². The molecule has 2 aromatic rings. The second-order valence-corrected chi connectivity index (χ2v) is 10.0. The number of ether oxygens (including phenoxy) is 1. The van der Waals surface area contributed by atoms with Gasteiger partial charge in [0.1, 0.15) is 5.84 Å². The van der Waals surface area contributed by atoms with Crippen LogP contribution < -0.4 is 11.1 Å². The average Bonchev–Trinajstić information content (AvgIpc) is 3.41. The number of nitrogens with two attached hydrogens (primary N) is 1. The molecule has 2 aliphatic heterocycles. The largest absolute Gasteiger partial charge is 0.433 e. The fraction of sp³-hybridized carbons (Fsp3) is 0.267. The maximum Gasteiger partial charge on any atom is 0.419 e. The molecule has 1 aliphatic carbocycles. The van der Waals surface area contributed by atoms with Crippen LogP contribution in [-0.2, 0) is 20.7 Å². The SMILES string of the molecule is NC(=O)OC(Cc1ccccc1)(C1=CN=C2CCCN2C1)C1=C(C(=O)Nc2ccccc2)CC(=O)C(C(F)(F)F)=C1. The molecule has 0 saturated carbocycles. The summed E-state index contributed by atoms with van der Waals surface area (Å²) in [7, 11) is 0. The van der Waals surface area contributed by atoms with Gasteiger partial charge in [-0.3, -0.25) is 9.59 Å². The van der Waals surface area contributed by atoms with Crippen LogP contribution in [0.15, 0.2) is 100 Å². The van der Waals surface area contributed by atoms with E-state index < -0.39 is 41.6 Å². The zero-order valence-electron chi connectivity index (χ0n) is 21.9. The highest BCUT2D eigenvalue weighted by molar-refractivity contribution is 6.13. The Labute approximate surface area is 234 Å². The van der Waals surface area contributed by atoms with E-state index in [0.717, 1.165) is 18.7 Å². The van der Waals surface area contributed by atoms with E-state index in [0.29, 0.717) is 29.4 Å². The Morgan fingerprint density at radius 1 is 1.05 bits per heavy atom. The fourth-order valence-electron chi connectivity index (χ4n) is 5.45. The summed E-state index contributed by atoms with van der Waals surface area (Å²) in [6, 6.07) is 17.0. The van der Waals surface area contributed by atoms with Gasteiger partial charge in [-0.15, -0.1) is 0 Å². The standard InChI is InChI=1S/C30H27F3N4O4/c31-30(32,33)24-15-23(22(14-25(24)38)27(39)36-21-10-5-2-6-11-21)29(41-28(34)40,16-19-8-3-1-4-9-19)20-17-35-26-12-7-13-37(26)18-20/h1-6,8-11,15,17H,7,12-14,16,18H2,(H2,34,40)(H,36,39). The van der Waals surface area contributed by atoms with E-state index in [1.54, 1.807) is 60.7 Å². The van der Waals surface area contributed by atoms with Crippen LogP contribution in [0.4, 0.5) is 23.7 Å². The molecule has 3 N–H and O–H groups in total. The van der Waals surface area contributed by atoms with E-state index in [1.807, 2.05) is 4.90 Å². The second-order valence-electron chi connectivity index (χ2n) is 10.0. The Hall–Kier alpha value is -4.67. The zero-order chi connectivity index (χ0) is 29.2. The van der Waals surface area contributed by atoms with E-state index in [9.17, 15) is 27.6 Å². The number of aliphatic imine (C=N–C) groups is 1. The van der Waals surface area contributed by atoms with Crippen LogP contribution in [0.5, 0.6) is 0 Å². The number of allylic oxidation sites excluding steroid dienone is 1. The molecular weight excluding hydrogens is 537 g/mol. The predicted molar refractivity (Wildman–Crippen MR) is 146 cm³/mol. The number of amides is 2. The second kappa shape index (κ2) is 11.1. The fourth-order valence-corrected chi connectivity index (χ4v) is 5.45. The maximum atomic E-state index is 14.1. The van der Waals surface area contributed by atoms with Crippen LogP contribution in [-0.4, -0.2) is 53.4 Å². The lowest BCUT2D eigenvalue weighted by Gasteiger charge is -2.41. The van der Waals surface area contributed by atoms with Gasteiger partial charge in [-0.1, -0.05) is 48.5 Å². The number of para-hydroxylation sites is 1. The van der Waals surface area contributed by atoms with Crippen LogP contribution in [0.3, 0.4) is 0 Å². The normalized spacial score (nSPS) is 18.6. The van der Waals surface area contributed by atoms with Gasteiger partial charge >= 0.3 is 12.3 Å². The third kappa shape index (κ3) is 5.79. The highest BCUT2D eigenvalue weighted by Crippen LogP contribution is 2.44. The number of nitrogens with one attached hydrogen (secondary N) is 1. The van der Waals surface area contributed by atoms with E-state index in [4.69, 9.17) is 10.5 Å². The number of hydrogen-bond donors (Lipinski definition) is 2. The summed E-state index contributed by atoms with van der Waals surface area (Å²) in [5, 5.41) is 2.66. The average molecular weight is 565 g/mol. The third-order valence-corrected chi connectivity index (χ3v) is 7.31. The zero-order valence-corrected chi connectivity index (χ0v) is 21.9. The van der Waals surface area contributed by atoms with Gasteiger partial charge in [0.05, 0.1) is 5.57 Å². The molecule has 0 bridgehead atoms. The Kier molecular flexibility index (Phi) is 7.53. The highest BCUT2D eigenvalue weighted by Gasteiger charge is 2.50. The molecule has 1 fully saturated rings. The first-order chi connectivity index (χ1) is 19.6. The number of anilines is 1. The first kappa shape index (κ1) is 27.9. The lowest BCUT2D eigenvalue weighted by atomic mass is 9.73. The Balaban J connectivity index is 1.77. The minimum absolute atomic E-state index is 0.158. The number of fused-ring (bicyclic) bond motifs is 1. The monoisotopic (exact) mass is 564 g/mol. The summed E-state index contributed by atoms with van der Waals surface area (Å²) >= 11 is 0. The predicted octanol–water partition coefficient (Wildman–Crippen LogP) is 4.85. The Morgan fingerprint density at radius 2 is 1.73 bits per heavy atom. The highest BCUT2D eigenvalue weighted by atomic mass is 19.4. The van der Waals surface area contributed by atoms with Crippen LogP contribution in [0.25, 0.3) is 0 Å². The number of alkyl halides is 3. The molecule has 3 aliphatic rings. The number of rotatable bonds is 7. The number of hydrogen-bond acceptors (Lipinski definition) is 6. The molecule has 2 heterocycles. The molecule has 5 rings (SSSR count). The molecule has 2 amide bonds. The van der Waals surface area contributed by atoms with Crippen LogP contribution in [0, 0.1) is 0 Å². The van der Waals surface area contributed by atoms with Gasteiger partial charge in [-0.2, -0.15) is 13.2 Å². The van der Waals surface area contributed by atoms with Crippen molar-refractivity contribution < 1.29 is 32.3 Å². The lowest BCUT2D eigenvalue weighted by molar-refractivity contribution is -0.129. The van der Waals surface area contributed by atoms with Crippen molar-refractivity contribution in [2.24, 2.45) is 10.7 Å². The van der Waals surface area contributed by atoms with E-state index in [2.05, 4.69) is 10.3 Å². The van der Waals surface area contributed by atoms with E-state index in [-0.39, 0.29) is 24.1 Å². The third-order valence-electron chi connectivity index (χ3n) is 7.31. The summed E-state index contributed by atoms with van der Waals surface area (Å²) in [5.74, 6) is -1.27. The van der Waals surface area contributed by atoms with Gasteiger partial charge in [0.15, 0.2) is 11.4 Å². The van der Waals surface area contributed by atoms with Crippen molar-refractivity contribution in [2.45, 2.75) is 37.5 Å². The summed E-state index contributed by atoms with van der Waals surface area (Å²) in [5.41, 5.74) is 2.91. The van der Waals surface area contributed by atoms with Gasteiger partial charge in [-0.25, -0.2) is 9.79 Å². The van der Waals surface area contributed by atoms with Gasteiger partial charge in [0.2, 0.25) is 0 Å². The van der Waals surface area contributed by atoms with Gasteiger partial charge in [0, 0.05) is 61.0 Å². The number of carbonyl (C=O) groups is 3. The Morgan fingerprint density at radius 3 is 2.39 bits per heavy atom. The summed E-state index contributed by atoms with van der Waals surface area (Å²) in [4.78, 5) is 45.5. The van der Waals surface area contributed by atoms with Crippen molar-refractivity contribution in [3.05, 3.63) is 101 Å². The van der Waals surface area contributed by atoms with Crippen molar-refractivity contribution in [1.29, 1.82) is 0 Å². The molecule has 0 aromatic heterocycles. The van der Waals surface area contributed by atoms with Crippen molar-refractivity contribution in [1.82, 2.24) is 4.90 Å². The van der Waals surface area contributed by atoms with Crippen molar-refractivity contribution in [3.63, 3.8) is 0 Å². The minimum Gasteiger partial charge on any atom is -0.433 e. The quantitative estimate of drug-likeness (QED) is 0.499. The van der Waals surface area contributed by atoms with Crippen LogP contribution in [0.2, 0.25) is 0 Å². The number of benzene rings is 2. The van der Waals surface area contributed by atoms with Gasteiger partial charge in [-0.05, 0) is 30.2 Å². The molecule has 1 atom stereocenters. The molecule has 8 nitrogen and oxygen atoms in total. The number of primary amides is 1. The molecule has 11 heteroatoms. The molecule has 2 aromatic carbocycles. The molecule has 0 radical (unpaired) electrons. The minimum atomic E-state index is -5.02. The Bertz CT molecular complexity index is 1500. The maximum absolute atomic E-state index is 14.1. The van der Waals surface area contributed by atoms with Crippen molar-refractivity contribution >= 4 is 29.3 Å². The number of Topliss-reactive ketones (excluding diaryl/α,β-unsaturated/α-hetero) is 1. The number of ketones is 1.